The van der Waals surface area contributed by atoms with Crippen molar-refractivity contribution < 1.29 is 23.1 Å². The molecule has 0 aliphatic rings. The molecular formula is C12H16N2O5S. The van der Waals surface area contributed by atoms with E-state index in [-0.39, 0.29) is 11.4 Å². The summed E-state index contributed by atoms with van der Waals surface area (Å²) < 4.78 is 22.4. The van der Waals surface area contributed by atoms with Crippen LogP contribution in [0.15, 0.2) is 23.4 Å². The predicted octanol–water partition coefficient (Wildman–Crippen LogP) is 0.925. The summed E-state index contributed by atoms with van der Waals surface area (Å²) in [6.07, 6.45) is 2.04. The molecule has 0 fully saturated rings. The number of hydrogen-bond donors (Lipinski definition) is 2. The lowest BCUT2D eigenvalue weighted by atomic mass is 9.89. The van der Waals surface area contributed by atoms with Crippen molar-refractivity contribution >= 4 is 27.4 Å². The maximum absolute atomic E-state index is 11.7. The number of aromatic nitrogens is 1. The Kier molecular flexibility index (Phi) is 4.49. The van der Waals surface area contributed by atoms with Crippen molar-refractivity contribution in [3.05, 3.63) is 18.3 Å². The van der Waals surface area contributed by atoms with Crippen LogP contribution in [0.1, 0.15) is 20.3 Å². The lowest BCUT2D eigenvalue weighted by molar-refractivity contribution is -0.148. The Balaban J connectivity index is 2.75. The van der Waals surface area contributed by atoms with Gasteiger partial charge in [-0.25, -0.2) is 13.4 Å². The minimum atomic E-state index is -3.39. The Morgan fingerprint density at radius 3 is 2.35 bits per heavy atom. The van der Waals surface area contributed by atoms with Gasteiger partial charge in [-0.2, -0.15) is 0 Å². The van der Waals surface area contributed by atoms with Crippen molar-refractivity contribution in [3.8, 4) is 0 Å². The first-order valence-corrected chi connectivity index (χ1v) is 7.61. The Hall–Kier alpha value is -1.96. The van der Waals surface area contributed by atoms with Gasteiger partial charge in [0, 0.05) is 12.7 Å². The molecule has 1 aromatic rings. The molecule has 20 heavy (non-hydrogen) atoms. The molecular weight excluding hydrogens is 284 g/mol. The van der Waals surface area contributed by atoms with Gasteiger partial charge in [0.1, 0.15) is 0 Å². The van der Waals surface area contributed by atoms with E-state index < -0.39 is 27.1 Å². The number of amides is 1. The molecule has 0 radical (unpaired) electrons. The second kappa shape index (κ2) is 5.58. The van der Waals surface area contributed by atoms with Crippen LogP contribution in [0.2, 0.25) is 0 Å². The van der Waals surface area contributed by atoms with Crippen LogP contribution in [-0.4, -0.2) is 36.6 Å². The molecule has 1 aromatic heterocycles. The predicted molar refractivity (Wildman–Crippen MR) is 72.0 cm³/mol. The van der Waals surface area contributed by atoms with Crippen molar-refractivity contribution in [3.63, 3.8) is 0 Å². The van der Waals surface area contributed by atoms with E-state index in [4.69, 9.17) is 5.11 Å². The summed E-state index contributed by atoms with van der Waals surface area (Å²) in [5.41, 5.74) is -0.868. The Morgan fingerprint density at radius 2 is 1.95 bits per heavy atom. The molecule has 1 heterocycles. The summed E-state index contributed by atoms with van der Waals surface area (Å²) in [5.74, 6) is -1.55. The normalized spacial score (nSPS) is 11.9. The second-order valence-corrected chi connectivity index (χ2v) is 7.03. The van der Waals surface area contributed by atoms with Crippen LogP contribution in [0, 0.1) is 5.41 Å². The molecule has 1 rings (SSSR count). The van der Waals surface area contributed by atoms with Crippen LogP contribution in [0.5, 0.6) is 0 Å². The van der Waals surface area contributed by atoms with Crippen LogP contribution in [0.3, 0.4) is 0 Å². The van der Waals surface area contributed by atoms with Crippen molar-refractivity contribution in [2.75, 3.05) is 11.6 Å². The summed E-state index contributed by atoms with van der Waals surface area (Å²) in [6.45, 7) is 2.89. The van der Waals surface area contributed by atoms with Gasteiger partial charge in [0.15, 0.2) is 14.9 Å². The molecule has 0 atom stereocenters. The number of anilines is 1. The van der Waals surface area contributed by atoms with E-state index in [0.717, 1.165) is 6.26 Å². The van der Waals surface area contributed by atoms with Gasteiger partial charge in [0.2, 0.25) is 5.91 Å². The molecule has 0 bridgehead atoms. The minimum absolute atomic E-state index is 0.0960. The number of pyridine rings is 1. The molecule has 0 spiro atoms. The molecule has 0 unspecified atom stereocenters. The molecule has 110 valence electrons. The summed E-state index contributed by atoms with van der Waals surface area (Å²) in [4.78, 5) is 26.3. The molecule has 0 saturated carbocycles. The van der Waals surface area contributed by atoms with Gasteiger partial charge >= 0.3 is 5.97 Å². The van der Waals surface area contributed by atoms with Gasteiger partial charge in [-0.05, 0) is 26.0 Å². The zero-order chi connectivity index (χ0) is 15.6. The van der Waals surface area contributed by atoms with E-state index >= 15 is 0 Å². The highest BCUT2D eigenvalue weighted by atomic mass is 32.2. The molecule has 0 aliphatic heterocycles. The van der Waals surface area contributed by atoms with Crippen LogP contribution < -0.4 is 5.32 Å². The number of hydrogen-bond acceptors (Lipinski definition) is 5. The number of sulfone groups is 1. The van der Waals surface area contributed by atoms with E-state index in [2.05, 4.69) is 10.3 Å². The van der Waals surface area contributed by atoms with Gasteiger partial charge in [-0.1, -0.05) is 0 Å². The van der Waals surface area contributed by atoms with Gasteiger partial charge < -0.3 is 10.4 Å². The molecule has 2 N–H and O–H groups in total. The van der Waals surface area contributed by atoms with Gasteiger partial charge in [0.25, 0.3) is 0 Å². The van der Waals surface area contributed by atoms with Crippen LogP contribution in [0.25, 0.3) is 0 Å². The lowest BCUT2D eigenvalue weighted by Gasteiger charge is -2.18. The molecule has 0 aromatic carbocycles. The van der Waals surface area contributed by atoms with E-state index in [9.17, 15) is 18.0 Å². The van der Waals surface area contributed by atoms with Crippen LogP contribution in [0.4, 0.5) is 5.69 Å². The second-order valence-electron chi connectivity index (χ2n) is 5.07. The summed E-state index contributed by atoms with van der Waals surface area (Å²) >= 11 is 0. The first-order valence-electron chi connectivity index (χ1n) is 5.72. The summed E-state index contributed by atoms with van der Waals surface area (Å²) in [6, 6.07) is 2.67. The molecule has 0 aliphatic carbocycles. The van der Waals surface area contributed by atoms with Crippen molar-refractivity contribution in [1.82, 2.24) is 4.98 Å². The highest BCUT2D eigenvalue weighted by Crippen LogP contribution is 2.21. The summed E-state index contributed by atoms with van der Waals surface area (Å²) in [7, 11) is -3.39. The Morgan fingerprint density at radius 1 is 1.35 bits per heavy atom. The topological polar surface area (TPSA) is 113 Å². The average Bonchev–Trinajstić information content (AvgIpc) is 2.27. The fourth-order valence-electron chi connectivity index (χ4n) is 1.36. The van der Waals surface area contributed by atoms with Crippen molar-refractivity contribution in [1.29, 1.82) is 0 Å². The van der Waals surface area contributed by atoms with Gasteiger partial charge in [-0.15, -0.1) is 0 Å². The number of nitrogens with one attached hydrogen (secondary N) is 1. The van der Waals surface area contributed by atoms with Crippen LogP contribution >= 0.6 is 0 Å². The quantitative estimate of drug-likeness (QED) is 0.836. The maximum Gasteiger partial charge on any atom is 0.309 e. The fourth-order valence-corrected chi connectivity index (χ4v) is 1.92. The lowest BCUT2D eigenvalue weighted by Crippen LogP contribution is -2.29. The first kappa shape index (κ1) is 16.1. The van der Waals surface area contributed by atoms with Crippen molar-refractivity contribution in [2.45, 2.75) is 25.3 Å². The minimum Gasteiger partial charge on any atom is -0.481 e. The Labute approximate surface area is 116 Å². The molecule has 8 heteroatoms. The van der Waals surface area contributed by atoms with Crippen molar-refractivity contribution in [2.24, 2.45) is 5.41 Å². The number of nitrogens with zero attached hydrogens (tertiary/aromatic N) is 1. The average molecular weight is 300 g/mol. The summed E-state index contributed by atoms with van der Waals surface area (Å²) in [5, 5.41) is 11.3. The molecule has 7 nitrogen and oxygen atoms in total. The third-order valence-corrected chi connectivity index (χ3v) is 3.58. The maximum atomic E-state index is 11.7. The van der Waals surface area contributed by atoms with Gasteiger partial charge in [-0.3, -0.25) is 9.59 Å². The first-order chi connectivity index (χ1) is 9.02. The number of carboxylic acids is 1. The monoisotopic (exact) mass is 300 g/mol. The number of carbonyl (C=O) groups is 2. The number of aliphatic carboxylic acids is 1. The third kappa shape index (κ3) is 4.30. The molecule has 0 saturated heterocycles. The van der Waals surface area contributed by atoms with Crippen LogP contribution in [-0.2, 0) is 19.4 Å². The highest BCUT2D eigenvalue weighted by Gasteiger charge is 2.30. The van der Waals surface area contributed by atoms with Gasteiger partial charge in [0.05, 0.1) is 17.3 Å². The zero-order valence-electron chi connectivity index (χ0n) is 11.4. The smallest absolute Gasteiger partial charge is 0.309 e. The highest BCUT2D eigenvalue weighted by molar-refractivity contribution is 7.90. The third-order valence-electron chi connectivity index (χ3n) is 2.58. The zero-order valence-corrected chi connectivity index (χ0v) is 12.2. The van der Waals surface area contributed by atoms with E-state index in [0.29, 0.717) is 5.69 Å². The Bertz CT molecular complexity index is 620. The van der Waals surface area contributed by atoms with E-state index in [1.165, 1.54) is 32.2 Å². The van der Waals surface area contributed by atoms with E-state index in [1.807, 2.05) is 0 Å². The number of carboxylic acid groups (broad SMARTS) is 1. The largest absolute Gasteiger partial charge is 0.481 e. The SMILES string of the molecule is CC(C)(CC(=O)Nc1ccc(S(C)(=O)=O)nc1)C(=O)O. The number of rotatable bonds is 5. The fraction of sp³-hybridized carbons (Fsp3) is 0.417. The van der Waals surface area contributed by atoms with E-state index in [1.54, 1.807) is 0 Å². The standard InChI is InChI=1S/C12H16N2O5S/c1-12(2,11(16)17)6-9(15)14-8-4-5-10(13-7-8)20(3,18)19/h4-5,7H,6H2,1-3H3,(H,14,15)(H,16,17). The number of carbonyl (C=O) groups excluding carboxylic acids is 1. The molecule has 1 amide bonds.